The van der Waals surface area contributed by atoms with E-state index in [0.29, 0.717) is 11.4 Å². The lowest BCUT2D eigenvalue weighted by Crippen LogP contribution is -2.16. The van der Waals surface area contributed by atoms with Gasteiger partial charge >= 0.3 is 5.69 Å². The van der Waals surface area contributed by atoms with Crippen LogP contribution in [0.2, 0.25) is 0 Å². The molecule has 0 aliphatic carbocycles. The number of hydrogen-bond donors (Lipinski definition) is 1. The van der Waals surface area contributed by atoms with Crippen LogP contribution in [0.5, 0.6) is 0 Å². The van der Waals surface area contributed by atoms with Gasteiger partial charge in [-0.1, -0.05) is 0 Å². The van der Waals surface area contributed by atoms with Gasteiger partial charge in [-0.05, 0) is 38.1 Å². The number of nitro groups is 1. The highest BCUT2D eigenvalue weighted by atomic mass is 19.1. The van der Waals surface area contributed by atoms with Gasteiger partial charge in [-0.25, -0.2) is 0 Å². The third-order valence-electron chi connectivity index (χ3n) is 4.04. The molecule has 0 aliphatic heterocycles. The highest BCUT2D eigenvalue weighted by Gasteiger charge is 2.21. The molecule has 1 aromatic carbocycles. The van der Waals surface area contributed by atoms with Gasteiger partial charge in [0.05, 0.1) is 11.1 Å². The molecule has 2 heterocycles. The summed E-state index contributed by atoms with van der Waals surface area (Å²) in [7, 11) is 1.72. The van der Waals surface area contributed by atoms with Crippen LogP contribution in [0.15, 0.2) is 36.5 Å². The van der Waals surface area contributed by atoms with Crippen molar-refractivity contribution in [2.24, 2.45) is 7.05 Å². The molecule has 26 heavy (non-hydrogen) atoms. The fourth-order valence-electron chi connectivity index (χ4n) is 2.79. The van der Waals surface area contributed by atoms with E-state index < -0.39 is 22.3 Å². The van der Waals surface area contributed by atoms with Gasteiger partial charge in [0.15, 0.2) is 0 Å². The summed E-state index contributed by atoms with van der Waals surface area (Å²) in [6, 6.07) is 7.04. The molecular formula is C17H16FN5O3. The molecule has 0 atom stereocenters. The van der Waals surface area contributed by atoms with Gasteiger partial charge < -0.3 is 9.88 Å². The molecule has 1 amide bonds. The molecule has 0 fully saturated rings. The average molecular weight is 357 g/mol. The highest BCUT2D eigenvalue weighted by Crippen LogP contribution is 2.24. The van der Waals surface area contributed by atoms with Crippen molar-refractivity contribution in [1.82, 2.24) is 14.3 Å². The predicted molar refractivity (Wildman–Crippen MR) is 93.0 cm³/mol. The largest absolute Gasteiger partial charge is 0.322 e. The summed E-state index contributed by atoms with van der Waals surface area (Å²) in [5, 5.41) is 17.6. The van der Waals surface area contributed by atoms with Gasteiger partial charge in [-0.15, -0.1) is 0 Å². The zero-order valence-corrected chi connectivity index (χ0v) is 14.4. The second-order valence-corrected chi connectivity index (χ2v) is 5.83. The van der Waals surface area contributed by atoms with Crippen LogP contribution in [0.4, 0.5) is 15.8 Å². The monoisotopic (exact) mass is 357 g/mol. The van der Waals surface area contributed by atoms with Crippen LogP contribution >= 0.6 is 0 Å². The van der Waals surface area contributed by atoms with Crippen LogP contribution in [0.1, 0.15) is 21.7 Å². The van der Waals surface area contributed by atoms with E-state index in [-0.39, 0.29) is 5.69 Å². The Kier molecular flexibility index (Phi) is 4.29. The molecule has 134 valence electrons. The zero-order valence-electron chi connectivity index (χ0n) is 14.4. The van der Waals surface area contributed by atoms with Gasteiger partial charge in [-0.2, -0.15) is 9.49 Å². The van der Waals surface area contributed by atoms with Gasteiger partial charge in [0.2, 0.25) is 5.82 Å². The van der Waals surface area contributed by atoms with Crippen molar-refractivity contribution in [3.8, 4) is 5.82 Å². The van der Waals surface area contributed by atoms with Crippen molar-refractivity contribution in [3.05, 3.63) is 69.4 Å². The number of carbonyl (C=O) groups is 1. The minimum Gasteiger partial charge on any atom is -0.322 e. The Labute approximate surface area is 148 Å². The van der Waals surface area contributed by atoms with E-state index in [1.54, 1.807) is 11.7 Å². The number of carbonyl (C=O) groups excluding carboxylic acids is 1. The Morgan fingerprint density at radius 1 is 1.23 bits per heavy atom. The fourth-order valence-corrected chi connectivity index (χ4v) is 2.79. The number of aryl methyl sites for hydroxylation is 3. The predicted octanol–water partition coefficient (Wildman–Crippen LogP) is 3.13. The molecule has 0 saturated heterocycles. The Morgan fingerprint density at radius 2 is 1.88 bits per heavy atom. The summed E-state index contributed by atoms with van der Waals surface area (Å²) >= 11 is 0. The SMILES string of the molecule is Cc1ccc(C)n1-c1c(C(=O)Nc2ccc(F)c([N+](=O)[O-])c2)cnn1C. The Balaban J connectivity index is 1.98. The molecule has 3 rings (SSSR count). The first-order valence-corrected chi connectivity index (χ1v) is 7.72. The molecule has 0 bridgehead atoms. The fraction of sp³-hybridized carbons (Fsp3) is 0.176. The van der Waals surface area contributed by atoms with E-state index in [9.17, 15) is 19.3 Å². The molecule has 8 nitrogen and oxygen atoms in total. The van der Waals surface area contributed by atoms with Crippen LogP contribution in [-0.4, -0.2) is 25.2 Å². The van der Waals surface area contributed by atoms with Gasteiger partial charge in [0.1, 0.15) is 11.4 Å². The Bertz CT molecular complexity index is 1000. The maximum absolute atomic E-state index is 13.5. The number of nitro benzene ring substituents is 1. The number of aromatic nitrogens is 3. The molecule has 0 radical (unpaired) electrons. The van der Waals surface area contributed by atoms with Crippen molar-refractivity contribution in [1.29, 1.82) is 0 Å². The summed E-state index contributed by atoms with van der Waals surface area (Å²) in [6.45, 7) is 3.82. The van der Waals surface area contributed by atoms with E-state index in [0.717, 1.165) is 23.5 Å². The summed E-state index contributed by atoms with van der Waals surface area (Å²) in [6.07, 6.45) is 1.42. The lowest BCUT2D eigenvalue weighted by atomic mass is 10.2. The lowest BCUT2D eigenvalue weighted by Gasteiger charge is -2.12. The smallest absolute Gasteiger partial charge is 0.306 e. The molecule has 0 saturated carbocycles. The highest BCUT2D eigenvalue weighted by molar-refractivity contribution is 6.06. The van der Waals surface area contributed by atoms with Crippen molar-refractivity contribution in [2.75, 3.05) is 5.32 Å². The van der Waals surface area contributed by atoms with E-state index >= 15 is 0 Å². The number of benzene rings is 1. The zero-order chi connectivity index (χ0) is 19.0. The molecular weight excluding hydrogens is 341 g/mol. The number of amides is 1. The summed E-state index contributed by atoms with van der Waals surface area (Å²) < 4.78 is 16.9. The number of halogens is 1. The molecule has 3 aromatic rings. The molecule has 9 heteroatoms. The minimum atomic E-state index is -0.964. The minimum absolute atomic E-state index is 0.124. The van der Waals surface area contributed by atoms with Crippen molar-refractivity contribution < 1.29 is 14.1 Å². The first-order chi connectivity index (χ1) is 12.3. The third kappa shape index (κ3) is 2.94. The first kappa shape index (κ1) is 17.3. The van der Waals surface area contributed by atoms with Gasteiger partial charge in [0.25, 0.3) is 5.91 Å². The van der Waals surface area contributed by atoms with Gasteiger partial charge in [0, 0.05) is 30.2 Å². The average Bonchev–Trinajstić information content (AvgIpc) is 3.11. The lowest BCUT2D eigenvalue weighted by molar-refractivity contribution is -0.387. The molecule has 0 aliphatic rings. The molecule has 2 aromatic heterocycles. The Morgan fingerprint density at radius 3 is 2.50 bits per heavy atom. The third-order valence-corrected chi connectivity index (χ3v) is 4.04. The van der Waals surface area contributed by atoms with E-state index in [4.69, 9.17) is 0 Å². The van der Waals surface area contributed by atoms with Crippen LogP contribution in [0.3, 0.4) is 0 Å². The summed E-state index contributed by atoms with van der Waals surface area (Å²) in [5.41, 5.74) is 1.57. The number of anilines is 1. The summed E-state index contributed by atoms with van der Waals surface area (Å²) in [4.78, 5) is 22.7. The van der Waals surface area contributed by atoms with E-state index in [1.807, 2.05) is 30.5 Å². The summed E-state index contributed by atoms with van der Waals surface area (Å²) in [5.74, 6) is -0.894. The van der Waals surface area contributed by atoms with Gasteiger partial charge in [-0.3, -0.25) is 19.6 Å². The normalized spacial score (nSPS) is 10.8. The van der Waals surface area contributed by atoms with Crippen LogP contribution in [-0.2, 0) is 7.05 Å². The molecule has 1 N–H and O–H groups in total. The topological polar surface area (TPSA) is 95.0 Å². The van der Waals surface area contributed by atoms with Crippen LogP contribution in [0.25, 0.3) is 5.82 Å². The number of nitrogens with zero attached hydrogens (tertiary/aromatic N) is 4. The number of rotatable bonds is 4. The number of nitrogens with one attached hydrogen (secondary N) is 1. The Hall–Kier alpha value is -3.49. The van der Waals surface area contributed by atoms with E-state index in [1.165, 1.54) is 12.3 Å². The first-order valence-electron chi connectivity index (χ1n) is 7.72. The van der Waals surface area contributed by atoms with Crippen molar-refractivity contribution in [2.45, 2.75) is 13.8 Å². The van der Waals surface area contributed by atoms with Crippen molar-refractivity contribution in [3.63, 3.8) is 0 Å². The molecule has 0 spiro atoms. The standard InChI is InChI=1S/C17H16FN5O3/c1-10-4-5-11(2)22(10)17-13(9-19-21(17)3)16(24)20-12-6-7-14(18)15(8-12)23(25)26/h4-9H,1-3H3,(H,20,24). The maximum atomic E-state index is 13.5. The van der Waals surface area contributed by atoms with Crippen LogP contribution in [0, 0.1) is 29.8 Å². The molecule has 0 unspecified atom stereocenters. The number of hydrogen-bond acceptors (Lipinski definition) is 4. The maximum Gasteiger partial charge on any atom is 0.306 e. The van der Waals surface area contributed by atoms with E-state index in [2.05, 4.69) is 10.4 Å². The quantitative estimate of drug-likeness (QED) is 0.573. The van der Waals surface area contributed by atoms with Crippen molar-refractivity contribution >= 4 is 17.3 Å². The second-order valence-electron chi connectivity index (χ2n) is 5.83. The second kappa shape index (κ2) is 6.43. The van der Waals surface area contributed by atoms with Crippen LogP contribution < -0.4 is 5.32 Å².